The average molecular weight is 495 g/mol. The summed E-state index contributed by atoms with van der Waals surface area (Å²) in [5.74, 6) is -1.75. The molecule has 0 unspecified atom stereocenters. The number of anilines is 1. The summed E-state index contributed by atoms with van der Waals surface area (Å²) in [6, 6.07) is 13.8. The molecule has 0 radical (unpaired) electrons. The number of nitrogens with one attached hydrogen (secondary N) is 2. The highest BCUT2D eigenvalue weighted by Gasteiger charge is 2.20. The first-order chi connectivity index (χ1) is 17.4. The maximum absolute atomic E-state index is 13.2. The molecule has 9 nitrogen and oxygen atoms in total. The number of nitrogens with two attached hydrogens (primary N) is 1. The van der Waals surface area contributed by atoms with Crippen molar-refractivity contribution in [3.63, 3.8) is 0 Å². The Bertz CT molecular complexity index is 1200. The van der Waals surface area contributed by atoms with Gasteiger partial charge in [-0.2, -0.15) is 0 Å². The second-order valence-electron chi connectivity index (χ2n) is 7.75. The van der Waals surface area contributed by atoms with Gasteiger partial charge in [-0.05, 0) is 54.4 Å². The summed E-state index contributed by atoms with van der Waals surface area (Å²) in [4.78, 5) is 40.9. The van der Waals surface area contributed by atoms with E-state index in [0.717, 1.165) is 12.8 Å². The minimum Gasteiger partial charge on any atom is -0.494 e. The quantitative estimate of drug-likeness (QED) is 0.348. The van der Waals surface area contributed by atoms with Crippen LogP contribution >= 0.6 is 0 Å². The van der Waals surface area contributed by atoms with Crippen molar-refractivity contribution in [1.82, 2.24) is 10.3 Å². The fourth-order valence-electron chi connectivity index (χ4n) is 3.00. The molecule has 1 heterocycles. The van der Waals surface area contributed by atoms with Crippen molar-refractivity contribution < 1.29 is 28.2 Å². The number of hydrogen-bond donors (Lipinski definition) is 3. The normalized spacial score (nSPS) is 10.4. The third-order valence-electron chi connectivity index (χ3n) is 4.95. The molecule has 36 heavy (non-hydrogen) atoms. The van der Waals surface area contributed by atoms with E-state index in [9.17, 15) is 18.8 Å². The fourth-order valence-corrected chi connectivity index (χ4v) is 3.00. The van der Waals surface area contributed by atoms with Gasteiger partial charge in [0.1, 0.15) is 18.2 Å². The molecule has 3 aromatic rings. The van der Waals surface area contributed by atoms with Crippen LogP contribution < -0.4 is 25.8 Å². The Morgan fingerprint density at radius 2 is 1.72 bits per heavy atom. The Hall–Kier alpha value is -4.31. The summed E-state index contributed by atoms with van der Waals surface area (Å²) in [6.07, 6.45) is 3.18. The molecule has 0 saturated carbocycles. The van der Waals surface area contributed by atoms with E-state index in [2.05, 4.69) is 22.5 Å². The first-order valence-electron chi connectivity index (χ1n) is 11.3. The first kappa shape index (κ1) is 26.3. The Morgan fingerprint density at radius 1 is 1.00 bits per heavy atom. The van der Waals surface area contributed by atoms with Crippen LogP contribution in [0.25, 0.3) is 0 Å². The van der Waals surface area contributed by atoms with Crippen LogP contribution in [0.3, 0.4) is 0 Å². The van der Waals surface area contributed by atoms with Gasteiger partial charge in [-0.15, -0.1) is 0 Å². The molecule has 1 aromatic heterocycles. The lowest BCUT2D eigenvalue weighted by molar-refractivity contribution is -0.118. The van der Waals surface area contributed by atoms with Gasteiger partial charge in [0, 0.05) is 11.9 Å². The summed E-state index contributed by atoms with van der Waals surface area (Å²) >= 11 is 0. The van der Waals surface area contributed by atoms with E-state index >= 15 is 0 Å². The van der Waals surface area contributed by atoms with Crippen LogP contribution in [0.1, 0.15) is 46.2 Å². The Labute approximate surface area is 207 Å². The third-order valence-corrected chi connectivity index (χ3v) is 4.95. The molecule has 0 atom stereocenters. The summed E-state index contributed by atoms with van der Waals surface area (Å²) in [7, 11) is 0. The maximum atomic E-state index is 13.2. The van der Waals surface area contributed by atoms with Crippen LogP contribution in [-0.4, -0.2) is 35.9 Å². The number of carbonyl (C=O) groups excluding carboxylic acids is 3. The van der Waals surface area contributed by atoms with E-state index in [0.29, 0.717) is 23.6 Å². The highest BCUT2D eigenvalue weighted by Crippen LogP contribution is 2.22. The van der Waals surface area contributed by atoms with Gasteiger partial charge in [-0.3, -0.25) is 19.7 Å². The summed E-state index contributed by atoms with van der Waals surface area (Å²) < 4.78 is 24.5. The number of ether oxygens (including phenoxy) is 2. The molecule has 3 amide bonds. The van der Waals surface area contributed by atoms with Gasteiger partial charge in [0.2, 0.25) is 5.91 Å². The third kappa shape index (κ3) is 7.60. The zero-order valence-electron chi connectivity index (χ0n) is 19.8. The minimum atomic E-state index is -0.829. The molecule has 10 heteroatoms. The number of imide groups is 1. The van der Waals surface area contributed by atoms with Gasteiger partial charge in [-0.1, -0.05) is 25.5 Å². The molecular weight excluding hydrogens is 467 g/mol. The molecule has 188 valence electrons. The molecule has 0 spiro atoms. The minimum absolute atomic E-state index is 0.0301. The second kappa shape index (κ2) is 13.0. The van der Waals surface area contributed by atoms with Gasteiger partial charge in [0.25, 0.3) is 11.8 Å². The van der Waals surface area contributed by atoms with Crippen LogP contribution in [-0.2, 0) is 11.4 Å². The van der Waals surface area contributed by atoms with Gasteiger partial charge < -0.3 is 20.5 Å². The molecule has 4 N–H and O–H groups in total. The van der Waals surface area contributed by atoms with E-state index < -0.39 is 23.5 Å². The van der Waals surface area contributed by atoms with Gasteiger partial charge in [0.05, 0.1) is 18.7 Å². The maximum Gasteiger partial charge on any atom is 0.280 e. The van der Waals surface area contributed by atoms with Crippen LogP contribution in [0.5, 0.6) is 11.5 Å². The van der Waals surface area contributed by atoms with Crippen LogP contribution in [0, 0.1) is 5.82 Å². The second-order valence-corrected chi connectivity index (χ2v) is 7.75. The van der Waals surface area contributed by atoms with E-state index in [-0.39, 0.29) is 30.2 Å². The number of rotatable bonds is 11. The number of hydrogen-bond acceptors (Lipinski definition) is 7. The smallest absolute Gasteiger partial charge is 0.280 e. The molecule has 0 aliphatic rings. The number of pyridine rings is 1. The van der Waals surface area contributed by atoms with E-state index in [4.69, 9.17) is 15.2 Å². The number of carbonyl (C=O) groups is 3. The molecule has 0 bridgehead atoms. The van der Waals surface area contributed by atoms with Gasteiger partial charge in [0.15, 0.2) is 11.4 Å². The first-order valence-corrected chi connectivity index (χ1v) is 11.3. The number of unbranched alkanes of at least 4 members (excludes halogenated alkanes) is 1. The van der Waals surface area contributed by atoms with Gasteiger partial charge in [-0.25, -0.2) is 9.37 Å². The highest BCUT2D eigenvalue weighted by atomic mass is 19.1. The standard InChI is InChI=1S/C26H27FN4O5/c1-2-3-12-35-21-10-8-20(9-11-21)30-25(33)18-13-22(36-16-17-4-6-19(27)7-5-17)24(29-15-18)26(34)31-23(32)14-28/h4-11,13,15H,2-3,12,14,16,28H2,1H3,(H,30,33)(H,31,32,34). The van der Waals surface area contributed by atoms with Gasteiger partial charge >= 0.3 is 0 Å². The predicted molar refractivity (Wildman–Crippen MR) is 131 cm³/mol. The highest BCUT2D eigenvalue weighted by molar-refractivity contribution is 6.07. The zero-order valence-corrected chi connectivity index (χ0v) is 19.8. The van der Waals surface area contributed by atoms with Crippen molar-refractivity contribution in [2.24, 2.45) is 5.73 Å². The predicted octanol–water partition coefficient (Wildman–Crippen LogP) is 3.45. The lowest BCUT2D eigenvalue weighted by Crippen LogP contribution is -2.36. The lowest BCUT2D eigenvalue weighted by atomic mass is 10.2. The molecule has 2 aromatic carbocycles. The van der Waals surface area contributed by atoms with Crippen molar-refractivity contribution >= 4 is 23.4 Å². The lowest BCUT2D eigenvalue weighted by Gasteiger charge is -2.13. The molecule has 0 fully saturated rings. The topological polar surface area (TPSA) is 133 Å². The number of benzene rings is 2. The van der Waals surface area contributed by atoms with E-state index in [1.807, 2.05) is 0 Å². The van der Waals surface area contributed by atoms with Crippen molar-refractivity contribution in [3.8, 4) is 11.5 Å². The molecular formula is C26H27FN4O5. The number of amides is 3. The number of nitrogens with zero attached hydrogens (tertiary/aromatic N) is 1. The van der Waals surface area contributed by atoms with Crippen molar-refractivity contribution in [1.29, 1.82) is 0 Å². The average Bonchev–Trinajstić information content (AvgIpc) is 2.89. The summed E-state index contributed by atoms with van der Waals surface area (Å²) in [5, 5.41) is 4.84. The van der Waals surface area contributed by atoms with Crippen LogP contribution in [0.2, 0.25) is 0 Å². The summed E-state index contributed by atoms with van der Waals surface area (Å²) in [6.45, 7) is 2.28. The van der Waals surface area contributed by atoms with Crippen molar-refractivity contribution in [2.45, 2.75) is 26.4 Å². The summed E-state index contributed by atoms with van der Waals surface area (Å²) in [5.41, 5.74) is 6.32. The Balaban J connectivity index is 1.77. The van der Waals surface area contributed by atoms with E-state index in [1.165, 1.54) is 36.5 Å². The Morgan fingerprint density at radius 3 is 2.39 bits per heavy atom. The van der Waals surface area contributed by atoms with Crippen molar-refractivity contribution in [3.05, 3.63) is 83.4 Å². The van der Waals surface area contributed by atoms with Crippen molar-refractivity contribution in [2.75, 3.05) is 18.5 Å². The molecule has 0 aliphatic carbocycles. The monoisotopic (exact) mass is 494 g/mol. The number of halogens is 1. The zero-order chi connectivity index (χ0) is 25.9. The SMILES string of the molecule is CCCCOc1ccc(NC(=O)c2cnc(C(=O)NC(=O)CN)c(OCc3ccc(F)cc3)c2)cc1. The largest absolute Gasteiger partial charge is 0.494 e. The molecule has 3 rings (SSSR count). The van der Waals surface area contributed by atoms with Crippen LogP contribution in [0.15, 0.2) is 60.8 Å². The molecule has 0 aliphatic heterocycles. The molecule has 0 saturated heterocycles. The number of aromatic nitrogens is 1. The Kier molecular flexibility index (Phi) is 9.47. The van der Waals surface area contributed by atoms with E-state index in [1.54, 1.807) is 24.3 Å². The van der Waals surface area contributed by atoms with Crippen LogP contribution in [0.4, 0.5) is 10.1 Å². The fraction of sp³-hybridized carbons (Fsp3) is 0.231.